The first-order valence-electron chi connectivity index (χ1n) is 6.83. The lowest BCUT2D eigenvalue weighted by atomic mass is 10.2. The molecule has 6 nitrogen and oxygen atoms in total. The Bertz CT molecular complexity index is 714. The Labute approximate surface area is 133 Å². The zero-order valence-electron chi connectivity index (χ0n) is 12.2. The van der Waals surface area contributed by atoms with Crippen molar-refractivity contribution in [1.29, 1.82) is 0 Å². The van der Waals surface area contributed by atoms with Crippen LogP contribution in [0.5, 0.6) is 0 Å². The standard InChI is InChI=1S/C14H17NO5S2/c1-3-11-14(18)15-10-7-9(4-5-12(10)21-11)22(19,20)8(2)6-13(16)17/h4-5,7-8,11H,3,6H2,1-2H3,(H,15,18)(H,16,17). The van der Waals surface area contributed by atoms with E-state index in [-0.39, 0.29) is 16.1 Å². The van der Waals surface area contributed by atoms with E-state index in [4.69, 9.17) is 5.11 Å². The average Bonchev–Trinajstić information content (AvgIpc) is 2.45. The molecule has 0 saturated carbocycles. The first kappa shape index (κ1) is 16.8. The summed E-state index contributed by atoms with van der Waals surface area (Å²) >= 11 is 1.40. The molecule has 120 valence electrons. The van der Waals surface area contributed by atoms with E-state index in [2.05, 4.69) is 5.32 Å². The van der Waals surface area contributed by atoms with Gasteiger partial charge in [-0.3, -0.25) is 9.59 Å². The van der Waals surface area contributed by atoms with Crippen LogP contribution in [0, 0.1) is 0 Å². The number of fused-ring (bicyclic) bond motifs is 1. The maximum absolute atomic E-state index is 12.4. The van der Waals surface area contributed by atoms with Crippen molar-refractivity contribution in [2.45, 2.75) is 47.0 Å². The monoisotopic (exact) mass is 343 g/mol. The number of anilines is 1. The molecule has 22 heavy (non-hydrogen) atoms. The lowest BCUT2D eigenvalue weighted by Crippen LogP contribution is -2.28. The highest BCUT2D eigenvalue weighted by molar-refractivity contribution is 8.01. The van der Waals surface area contributed by atoms with Crippen LogP contribution in [0.2, 0.25) is 0 Å². The number of carboxylic acid groups (broad SMARTS) is 1. The second-order valence-electron chi connectivity index (χ2n) is 5.12. The van der Waals surface area contributed by atoms with Crippen molar-refractivity contribution in [3.63, 3.8) is 0 Å². The number of thioether (sulfide) groups is 1. The summed E-state index contributed by atoms with van der Waals surface area (Å²) in [6.07, 6.45) is 0.226. The highest BCUT2D eigenvalue weighted by Gasteiger charge is 2.29. The molecule has 0 aliphatic carbocycles. The number of carboxylic acids is 1. The van der Waals surface area contributed by atoms with Gasteiger partial charge in [-0.05, 0) is 31.5 Å². The Morgan fingerprint density at radius 1 is 1.45 bits per heavy atom. The molecule has 0 bridgehead atoms. The predicted molar refractivity (Wildman–Crippen MR) is 83.9 cm³/mol. The van der Waals surface area contributed by atoms with Crippen LogP contribution in [0.4, 0.5) is 5.69 Å². The van der Waals surface area contributed by atoms with Crippen LogP contribution in [0.3, 0.4) is 0 Å². The smallest absolute Gasteiger partial charge is 0.304 e. The maximum atomic E-state index is 12.4. The average molecular weight is 343 g/mol. The summed E-state index contributed by atoms with van der Waals surface area (Å²) in [5, 5.41) is 10.3. The zero-order valence-corrected chi connectivity index (χ0v) is 13.8. The van der Waals surface area contributed by atoms with E-state index in [1.54, 1.807) is 6.07 Å². The van der Waals surface area contributed by atoms with Crippen molar-refractivity contribution in [2.24, 2.45) is 0 Å². The van der Waals surface area contributed by atoms with E-state index < -0.39 is 27.5 Å². The summed E-state index contributed by atoms with van der Waals surface area (Å²) < 4.78 is 24.7. The maximum Gasteiger partial charge on any atom is 0.304 e. The van der Waals surface area contributed by atoms with Crippen molar-refractivity contribution in [3.8, 4) is 0 Å². The Morgan fingerprint density at radius 3 is 2.73 bits per heavy atom. The van der Waals surface area contributed by atoms with E-state index in [0.29, 0.717) is 12.1 Å². The molecular weight excluding hydrogens is 326 g/mol. The van der Waals surface area contributed by atoms with Crippen molar-refractivity contribution in [1.82, 2.24) is 0 Å². The highest BCUT2D eigenvalue weighted by Crippen LogP contribution is 2.38. The molecule has 1 amide bonds. The Balaban J connectivity index is 2.34. The number of hydrogen-bond donors (Lipinski definition) is 2. The molecule has 2 rings (SSSR count). The summed E-state index contributed by atoms with van der Waals surface area (Å²) in [6.45, 7) is 3.28. The van der Waals surface area contributed by atoms with Gasteiger partial charge in [0.2, 0.25) is 5.91 Å². The van der Waals surface area contributed by atoms with E-state index in [9.17, 15) is 18.0 Å². The first-order chi connectivity index (χ1) is 10.3. The number of carbonyl (C=O) groups excluding carboxylic acids is 1. The zero-order chi connectivity index (χ0) is 16.5. The number of amides is 1. The summed E-state index contributed by atoms with van der Waals surface area (Å²) in [7, 11) is -3.75. The number of hydrogen-bond acceptors (Lipinski definition) is 5. The van der Waals surface area contributed by atoms with Crippen molar-refractivity contribution >= 4 is 39.2 Å². The molecule has 2 atom stereocenters. The first-order valence-corrected chi connectivity index (χ1v) is 9.25. The molecule has 2 N–H and O–H groups in total. The van der Waals surface area contributed by atoms with Gasteiger partial charge in [0.25, 0.3) is 0 Å². The molecule has 1 aromatic carbocycles. The fraction of sp³-hybridized carbons (Fsp3) is 0.429. The summed E-state index contributed by atoms with van der Waals surface area (Å²) in [6, 6.07) is 4.52. The third kappa shape index (κ3) is 3.27. The molecule has 2 unspecified atom stereocenters. The van der Waals surface area contributed by atoms with Gasteiger partial charge < -0.3 is 10.4 Å². The number of benzene rings is 1. The Hall–Kier alpha value is -1.54. The van der Waals surface area contributed by atoms with Gasteiger partial charge in [-0.25, -0.2) is 8.42 Å². The third-order valence-electron chi connectivity index (χ3n) is 3.46. The fourth-order valence-corrected chi connectivity index (χ4v) is 4.55. The SMILES string of the molecule is CCC1Sc2ccc(S(=O)(=O)C(C)CC(=O)O)cc2NC1=O. The topological polar surface area (TPSA) is 101 Å². The van der Waals surface area contributed by atoms with Gasteiger partial charge in [0.05, 0.1) is 27.5 Å². The van der Waals surface area contributed by atoms with E-state index in [1.807, 2.05) is 6.92 Å². The lowest BCUT2D eigenvalue weighted by molar-refractivity contribution is -0.137. The summed E-state index contributed by atoms with van der Waals surface area (Å²) in [5.74, 6) is -1.31. The Morgan fingerprint density at radius 2 is 2.14 bits per heavy atom. The summed E-state index contributed by atoms with van der Waals surface area (Å²) in [5.41, 5.74) is 0.461. The molecule has 0 spiro atoms. The molecule has 1 aliphatic heterocycles. The molecule has 8 heteroatoms. The number of rotatable bonds is 5. The van der Waals surface area contributed by atoms with Crippen molar-refractivity contribution in [3.05, 3.63) is 18.2 Å². The number of sulfone groups is 1. The molecule has 0 aromatic heterocycles. The molecular formula is C14H17NO5S2. The summed E-state index contributed by atoms with van der Waals surface area (Å²) in [4.78, 5) is 23.4. The molecule has 0 saturated heterocycles. The van der Waals surface area contributed by atoms with Gasteiger partial charge in [0.1, 0.15) is 0 Å². The van der Waals surface area contributed by atoms with Gasteiger partial charge in [-0.2, -0.15) is 0 Å². The van der Waals surface area contributed by atoms with Crippen LogP contribution < -0.4 is 5.32 Å². The van der Waals surface area contributed by atoms with Crippen LogP contribution in [-0.2, 0) is 19.4 Å². The van der Waals surface area contributed by atoms with E-state index >= 15 is 0 Å². The number of nitrogens with one attached hydrogen (secondary N) is 1. The lowest BCUT2D eigenvalue weighted by Gasteiger charge is -2.24. The van der Waals surface area contributed by atoms with E-state index in [1.165, 1.54) is 30.8 Å². The normalized spacial score (nSPS) is 19.2. The fourth-order valence-electron chi connectivity index (χ4n) is 2.16. The molecule has 0 fully saturated rings. The van der Waals surface area contributed by atoms with Crippen LogP contribution in [-0.4, -0.2) is 35.9 Å². The van der Waals surface area contributed by atoms with Gasteiger partial charge in [0.15, 0.2) is 9.84 Å². The minimum Gasteiger partial charge on any atom is -0.481 e. The number of aliphatic carboxylic acids is 1. The molecule has 1 heterocycles. The molecule has 0 radical (unpaired) electrons. The molecule has 1 aromatic rings. The van der Waals surface area contributed by atoms with Gasteiger partial charge >= 0.3 is 5.97 Å². The van der Waals surface area contributed by atoms with E-state index in [0.717, 1.165) is 4.90 Å². The van der Waals surface area contributed by atoms with Crippen LogP contribution in [0.25, 0.3) is 0 Å². The van der Waals surface area contributed by atoms with Crippen molar-refractivity contribution in [2.75, 3.05) is 5.32 Å². The van der Waals surface area contributed by atoms with Crippen LogP contribution in [0.1, 0.15) is 26.7 Å². The quantitative estimate of drug-likeness (QED) is 0.849. The minimum absolute atomic E-state index is 0.0239. The van der Waals surface area contributed by atoms with Gasteiger partial charge in [-0.15, -0.1) is 11.8 Å². The third-order valence-corrected chi connectivity index (χ3v) is 7.04. The van der Waals surface area contributed by atoms with Gasteiger partial charge in [0, 0.05) is 4.90 Å². The van der Waals surface area contributed by atoms with Crippen molar-refractivity contribution < 1.29 is 23.1 Å². The minimum atomic E-state index is -3.75. The second-order valence-corrected chi connectivity index (χ2v) is 8.73. The van der Waals surface area contributed by atoms with Gasteiger partial charge in [-0.1, -0.05) is 6.92 Å². The number of carbonyl (C=O) groups is 2. The largest absolute Gasteiger partial charge is 0.481 e. The van der Waals surface area contributed by atoms with Crippen LogP contribution in [0.15, 0.2) is 28.0 Å². The predicted octanol–water partition coefficient (Wildman–Crippen LogP) is 2.15. The van der Waals surface area contributed by atoms with Crippen LogP contribution >= 0.6 is 11.8 Å². The Kier molecular flexibility index (Phi) is 4.81. The highest BCUT2D eigenvalue weighted by atomic mass is 32.2. The second kappa shape index (κ2) is 6.29. The molecule has 1 aliphatic rings.